The van der Waals surface area contributed by atoms with Crippen LogP contribution >= 0.6 is 0 Å². The first kappa shape index (κ1) is 10.8. The predicted octanol–water partition coefficient (Wildman–Crippen LogP) is 2.17. The molecule has 1 aromatic carbocycles. The molecule has 0 fully saturated rings. The van der Waals surface area contributed by atoms with Crippen molar-refractivity contribution in [1.82, 2.24) is 15.3 Å². The molecule has 3 heteroatoms. The van der Waals surface area contributed by atoms with E-state index in [9.17, 15) is 0 Å². The van der Waals surface area contributed by atoms with Crippen LogP contribution in [0, 0.1) is 6.92 Å². The molecule has 0 aliphatic rings. The second-order valence-corrected chi connectivity index (χ2v) is 3.70. The van der Waals surface area contributed by atoms with E-state index in [4.69, 9.17) is 0 Å². The molecule has 0 radical (unpaired) electrons. The third-order valence-corrected chi connectivity index (χ3v) is 2.46. The van der Waals surface area contributed by atoms with E-state index in [1.165, 1.54) is 11.1 Å². The summed E-state index contributed by atoms with van der Waals surface area (Å²) in [7, 11) is 1.89. The number of aryl methyl sites for hydroxylation is 1. The number of hydrogen-bond acceptors (Lipinski definition) is 3. The number of rotatable bonds is 3. The first-order chi connectivity index (χ1) is 7.81. The molecule has 0 bridgehead atoms. The van der Waals surface area contributed by atoms with Gasteiger partial charge in [-0.15, -0.1) is 0 Å². The molecule has 1 heterocycles. The van der Waals surface area contributed by atoms with Crippen LogP contribution in [0.2, 0.25) is 0 Å². The fraction of sp³-hybridized carbons (Fsp3) is 0.231. The summed E-state index contributed by atoms with van der Waals surface area (Å²) in [6.07, 6.45) is 1.81. The van der Waals surface area contributed by atoms with E-state index in [1.807, 2.05) is 25.2 Å². The summed E-state index contributed by atoms with van der Waals surface area (Å²) in [6.45, 7) is 2.79. The first-order valence-electron chi connectivity index (χ1n) is 5.34. The lowest BCUT2D eigenvalue weighted by Crippen LogP contribution is -2.09. The molecule has 0 saturated heterocycles. The Balaban J connectivity index is 2.40. The van der Waals surface area contributed by atoms with Crippen LogP contribution in [0.15, 0.2) is 36.5 Å². The summed E-state index contributed by atoms with van der Waals surface area (Å²) in [5.41, 5.74) is 3.39. The van der Waals surface area contributed by atoms with Crippen molar-refractivity contribution in [2.24, 2.45) is 0 Å². The van der Waals surface area contributed by atoms with Gasteiger partial charge < -0.3 is 5.32 Å². The summed E-state index contributed by atoms with van der Waals surface area (Å²) in [5.74, 6) is 0.822. The summed E-state index contributed by atoms with van der Waals surface area (Å²) < 4.78 is 0. The molecule has 0 amide bonds. The smallest absolute Gasteiger partial charge is 0.142 e. The highest BCUT2D eigenvalue weighted by Gasteiger charge is 2.03. The monoisotopic (exact) mass is 213 g/mol. The number of aromatic nitrogens is 2. The van der Waals surface area contributed by atoms with Gasteiger partial charge in [-0.25, -0.2) is 9.97 Å². The van der Waals surface area contributed by atoms with Gasteiger partial charge in [-0.2, -0.15) is 0 Å². The fourth-order valence-electron chi connectivity index (χ4n) is 1.65. The molecule has 0 unspecified atom stereocenters. The summed E-state index contributed by atoms with van der Waals surface area (Å²) in [6, 6.07) is 10.2. The van der Waals surface area contributed by atoms with Crippen LogP contribution in [0.4, 0.5) is 0 Å². The van der Waals surface area contributed by atoms with Crippen molar-refractivity contribution in [1.29, 1.82) is 0 Å². The Morgan fingerprint density at radius 2 is 2.00 bits per heavy atom. The van der Waals surface area contributed by atoms with Crippen molar-refractivity contribution in [3.05, 3.63) is 47.9 Å². The van der Waals surface area contributed by atoms with Gasteiger partial charge in [-0.05, 0) is 25.6 Å². The Morgan fingerprint density at radius 3 is 2.75 bits per heavy atom. The van der Waals surface area contributed by atoms with Gasteiger partial charge in [0.15, 0.2) is 0 Å². The van der Waals surface area contributed by atoms with Crippen molar-refractivity contribution in [2.45, 2.75) is 13.5 Å². The SMILES string of the molecule is CNCc1nccc(-c2ccccc2C)n1. The molecule has 1 N–H and O–H groups in total. The number of benzene rings is 1. The molecule has 0 aliphatic heterocycles. The lowest BCUT2D eigenvalue weighted by molar-refractivity contribution is 0.759. The minimum atomic E-state index is 0.694. The van der Waals surface area contributed by atoms with E-state index in [0.29, 0.717) is 6.54 Å². The largest absolute Gasteiger partial charge is 0.313 e. The van der Waals surface area contributed by atoms with Crippen molar-refractivity contribution < 1.29 is 0 Å². The highest BCUT2D eigenvalue weighted by Crippen LogP contribution is 2.20. The maximum atomic E-state index is 4.52. The van der Waals surface area contributed by atoms with E-state index < -0.39 is 0 Å². The third kappa shape index (κ3) is 2.25. The van der Waals surface area contributed by atoms with Gasteiger partial charge in [0.2, 0.25) is 0 Å². The maximum absolute atomic E-state index is 4.52. The molecular formula is C13H15N3. The average Bonchev–Trinajstić information content (AvgIpc) is 2.30. The summed E-state index contributed by atoms with van der Waals surface area (Å²) in [4.78, 5) is 8.73. The molecule has 0 atom stereocenters. The molecule has 2 rings (SSSR count). The zero-order chi connectivity index (χ0) is 11.4. The number of nitrogens with zero attached hydrogens (tertiary/aromatic N) is 2. The zero-order valence-corrected chi connectivity index (χ0v) is 9.57. The van der Waals surface area contributed by atoms with Gasteiger partial charge in [0, 0.05) is 11.8 Å². The molecule has 1 aromatic heterocycles. The van der Waals surface area contributed by atoms with E-state index in [0.717, 1.165) is 11.5 Å². The van der Waals surface area contributed by atoms with Crippen LogP contribution < -0.4 is 5.32 Å². The van der Waals surface area contributed by atoms with Gasteiger partial charge in [0.05, 0.1) is 12.2 Å². The van der Waals surface area contributed by atoms with Crippen LogP contribution in [0.1, 0.15) is 11.4 Å². The van der Waals surface area contributed by atoms with E-state index >= 15 is 0 Å². The second-order valence-electron chi connectivity index (χ2n) is 3.70. The topological polar surface area (TPSA) is 37.8 Å². The van der Waals surface area contributed by atoms with Crippen molar-refractivity contribution >= 4 is 0 Å². The quantitative estimate of drug-likeness (QED) is 0.849. The van der Waals surface area contributed by atoms with Crippen molar-refractivity contribution in [3.63, 3.8) is 0 Å². The van der Waals surface area contributed by atoms with E-state index in [-0.39, 0.29) is 0 Å². The maximum Gasteiger partial charge on any atom is 0.142 e. The fourth-order valence-corrected chi connectivity index (χ4v) is 1.65. The number of hydrogen-bond donors (Lipinski definition) is 1. The van der Waals surface area contributed by atoms with Gasteiger partial charge in [-0.3, -0.25) is 0 Å². The second kappa shape index (κ2) is 4.86. The highest BCUT2D eigenvalue weighted by atomic mass is 14.9. The van der Waals surface area contributed by atoms with Crippen LogP contribution in [0.25, 0.3) is 11.3 Å². The Hall–Kier alpha value is -1.74. The third-order valence-electron chi connectivity index (χ3n) is 2.46. The minimum Gasteiger partial charge on any atom is -0.313 e. The molecular weight excluding hydrogens is 198 g/mol. The van der Waals surface area contributed by atoms with Crippen LogP contribution in [-0.4, -0.2) is 17.0 Å². The predicted molar refractivity (Wildman–Crippen MR) is 65.0 cm³/mol. The van der Waals surface area contributed by atoms with Crippen molar-refractivity contribution in [2.75, 3.05) is 7.05 Å². The van der Waals surface area contributed by atoms with Crippen LogP contribution in [0.5, 0.6) is 0 Å². The van der Waals surface area contributed by atoms with Gasteiger partial charge in [-0.1, -0.05) is 24.3 Å². The van der Waals surface area contributed by atoms with Gasteiger partial charge in [0.1, 0.15) is 5.82 Å². The molecule has 82 valence electrons. The molecule has 3 nitrogen and oxygen atoms in total. The Kier molecular flexibility index (Phi) is 3.27. The van der Waals surface area contributed by atoms with Crippen LogP contribution in [-0.2, 0) is 6.54 Å². The van der Waals surface area contributed by atoms with E-state index in [2.05, 4.69) is 34.3 Å². The Bertz CT molecular complexity index is 480. The highest BCUT2D eigenvalue weighted by molar-refractivity contribution is 5.62. The first-order valence-corrected chi connectivity index (χ1v) is 5.34. The average molecular weight is 213 g/mol. The molecule has 0 spiro atoms. The van der Waals surface area contributed by atoms with Crippen molar-refractivity contribution in [3.8, 4) is 11.3 Å². The van der Waals surface area contributed by atoms with E-state index in [1.54, 1.807) is 6.20 Å². The lowest BCUT2D eigenvalue weighted by Gasteiger charge is -2.06. The standard InChI is InChI=1S/C13H15N3/c1-10-5-3-4-6-11(10)12-7-8-15-13(16-12)9-14-2/h3-8,14H,9H2,1-2H3. The summed E-state index contributed by atoms with van der Waals surface area (Å²) >= 11 is 0. The number of nitrogens with one attached hydrogen (secondary N) is 1. The minimum absolute atomic E-state index is 0.694. The Labute approximate surface area is 95.6 Å². The summed E-state index contributed by atoms with van der Waals surface area (Å²) in [5, 5.41) is 3.05. The lowest BCUT2D eigenvalue weighted by atomic mass is 10.1. The Morgan fingerprint density at radius 1 is 1.19 bits per heavy atom. The molecule has 2 aromatic rings. The zero-order valence-electron chi connectivity index (χ0n) is 9.57. The normalized spacial score (nSPS) is 10.4. The molecule has 0 aliphatic carbocycles. The van der Waals surface area contributed by atoms with Gasteiger partial charge >= 0.3 is 0 Å². The molecule has 0 saturated carbocycles. The molecule has 16 heavy (non-hydrogen) atoms. The van der Waals surface area contributed by atoms with Gasteiger partial charge in [0.25, 0.3) is 0 Å². The van der Waals surface area contributed by atoms with Crippen LogP contribution in [0.3, 0.4) is 0 Å².